The minimum atomic E-state index is 0.959. The van der Waals surface area contributed by atoms with Crippen molar-refractivity contribution in [1.29, 1.82) is 0 Å². The molecule has 0 aromatic heterocycles. The van der Waals surface area contributed by atoms with Crippen LogP contribution in [0, 0.1) is 0 Å². The Bertz CT molecular complexity index is 555. The summed E-state index contributed by atoms with van der Waals surface area (Å²) in [7, 11) is 0. The van der Waals surface area contributed by atoms with Gasteiger partial charge in [-0.25, -0.2) is 0 Å². The van der Waals surface area contributed by atoms with Crippen LogP contribution in [0.2, 0.25) is 0 Å². The van der Waals surface area contributed by atoms with Gasteiger partial charge in [-0.1, -0.05) is 54.7 Å². The van der Waals surface area contributed by atoms with E-state index >= 15 is 0 Å². The van der Waals surface area contributed by atoms with Crippen LogP contribution in [0.25, 0.3) is 5.57 Å². The minimum Gasteiger partial charge on any atom is -0.0949 e. The molecule has 0 aliphatic carbocycles. The Kier molecular flexibility index (Phi) is 2.33. The lowest BCUT2D eigenvalue weighted by Crippen LogP contribution is -1.88. The monoisotopic (exact) mass is 224 g/mol. The number of benzene rings is 2. The molecule has 0 fully saturated rings. The number of hydrogen-bond donors (Lipinski definition) is 0. The van der Waals surface area contributed by atoms with Crippen LogP contribution in [-0.2, 0) is 6.42 Å². The van der Waals surface area contributed by atoms with Crippen molar-refractivity contribution in [2.45, 2.75) is 16.2 Å². The Balaban J connectivity index is 2.18. The van der Waals surface area contributed by atoms with Crippen LogP contribution in [0.5, 0.6) is 0 Å². The smallest absolute Gasteiger partial charge is 0.0197 e. The maximum atomic E-state index is 4.20. The Morgan fingerprint density at radius 2 is 1.56 bits per heavy atom. The highest BCUT2D eigenvalue weighted by molar-refractivity contribution is 7.99. The zero-order valence-corrected chi connectivity index (χ0v) is 9.76. The second kappa shape index (κ2) is 3.84. The summed E-state index contributed by atoms with van der Waals surface area (Å²) < 4.78 is 0. The summed E-state index contributed by atoms with van der Waals surface area (Å²) in [6.45, 7) is 4.20. The van der Waals surface area contributed by atoms with Gasteiger partial charge in [-0.15, -0.1) is 0 Å². The van der Waals surface area contributed by atoms with E-state index < -0.39 is 0 Å². The topological polar surface area (TPSA) is 0 Å². The maximum absolute atomic E-state index is 4.20. The standard InChI is InChI=1S/C15H12S/c1-11-10-12-6-2-4-8-14(12)16-15-9-5-3-7-13(11)15/h2-9H,1,10H2. The lowest BCUT2D eigenvalue weighted by atomic mass is 10.00. The largest absolute Gasteiger partial charge is 0.0949 e. The first-order chi connectivity index (χ1) is 7.84. The van der Waals surface area contributed by atoms with Crippen LogP contribution >= 0.6 is 11.8 Å². The molecule has 0 nitrogen and oxygen atoms in total. The molecular formula is C15H12S. The predicted octanol–water partition coefficient (Wildman–Crippen LogP) is 4.41. The summed E-state index contributed by atoms with van der Waals surface area (Å²) in [4.78, 5) is 2.67. The van der Waals surface area contributed by atoms with Crippen molar-refractivity contribution < 1.29 is 0 Å². The molecule has 1 heterocycles. The van der Waals surface area contributed by atoms with E-state index in [2.05, 4.69) is 55.1 Å². The molecule has 1 aliphatic rings. The Morgan fingerprint density at radius 1 is 0.875 bits per heavy atom. The molecule has 2 aromatic carbocycles. The molecule has 0 unspecified atom stereocenters. The summed E-state index contributed by atoms with van der Waals surface area (Å²) in [5, 5.41) is 0. The van der Waals surface area contributed by atoms with Crippen LogP contribution < -0.4 is 0 Å². The van der Waals surface area contributed by atoms with Gasteiger partial charge in [0.25, 0.3) is 0 Å². The fraction of sp³-hybridized carbons (Fsp3) is 0.0667. The molecule has 1 heteroatoms. The number of hydrogen-bond acceptors (Lipinski definition) is 1. The van der Waals surface area contributed by atoms with Gasteiger partial charge >= 0.3 is 0 Å². The van der Waals surface area contributed by atoms with Crippen molar-refractivity contribution in [2.24, 2.45) is 0 Å². The second-order valence-corrected chi connectivity index (χ2v) is 5.07. The highest BCUT2D eigenvalue weighted by Gasteiger charge is 2.15. The van der Waals surface area contributed by atoms with Gasteiger partial charge in [0.15, 0.2) is 0 Å². The van der Waals surface area contributed by atoms with Gasteiger partial charge in [-0.2, -0.15) is 0 Å². The second-order valence-electron chi connectivity index (χ2n) is 3.99. The van der Waals surface area contributed by atoms with E-state index in [-0.39, 0.29) is 0 Å². The highest BCUT2D eigenvalue weighted by atomic mass is 32.2. The Morgan fingerprint density at radius 3 is 2.44 bits per heavy atom. The third-order valence-electron chi connectivity index (χ3n) is 2.86. The van der Waals surface area contributed by atoms with Crippen molar-refractivity contribution in [3.63, 3.8) is 0 Å². The maximum Gasteiger partial charge on any atom is 0.0197 e. The van der Waals surface area contributed by atoms with Crippen molar-refractivity contribution in [3.05, 3.63) is 66.2 Å². The molecule has 0 amide bonds. The van der Waals surface area contributed by atoms with Gasteiger partial charge < -0.3 is 0 Å². The van der Waals surface area contributed by atoms with Crippen LogP contribution in [-0.4, -0.2) is 0 Å². The fourth-order valence-electron chi connectivity index (χ4n) is 2.04. The first-order valence-corrected chi connectivity index (χ1v) is 6.19. The molecule has 0 spiro atoms. The summed E-state index contributed by atoms with van der Waals surface area (Å²) in [6.07, 6.45) is 0.959. The summed E-state index contributed by atoms with van der Waals surface area (Å²) in [5.74, 6) is 0. The fourth-order valence-corrected chi connectivity index (χ4v) is 3.16. The molecular weight excluding hydrogens is 212 g/mol. The molecule has 0 saturated heterocycles. The molecule has 2 aromatic rings. The van der Waals surface area contributed by atoms with E-state index in [9.17, 15) is 0 Å². The van der Waals surface area contributed by atoms with Crippen molar-refractivity contribution >= 4 is 17.3 Å². The van der Waals surface area contributed by atoms with E-state index in [1.54, 1.807) is 0 Å². The van der Waals surface area contributed by atoms with Gasteiger partial charge in [-0.05, 0) is 35.3 Å². The molecule has 3 rings (SSSR count). The zero-order valence-electron chi connectivity index (χ0n) is 8.94. The zero-order chi connectivity index (χ0) is 11.0. The Hall–Kier alpha value is -1.47. The SMILES string of the molecule is C=C1Cc2ccccc2Sc2ccccc21. The Labute approximate surface area is 100 Å². The van der Waals surface area contributed by atoms with E-state index in [1.165, 1.54) is 26.5 Å². The average molecular weight is 224 g/mol. The average Bonchev–Trinajstić information content (AvgIpc) is 2.45. The normalized spacial score (nSPS) is 13.9. The first-order valence-electron chi connectivity index (χ1n) is 5.37. The van der Waals surface area contributed by atoms with Gasteiger partial charge in [0.2, 0.25) is 0 Å². The molecule has 16 heavy (non-hydrogen) atoms. The first kappa shape index (κ1) is 9.73. The summed E-state index contributed by atoms with van der Waals surface area (Å²) in [5.41, 5.74) is 3.89. The molecule has 1 aliphatic heterocycles. The number of fused-ring (bicyclic) bond motifs is 2. The van der Waals surface area contributed by atoms with E-state index in [0.717, 1.165) is 6.42 Å². The molecule has 0 atom stereocenters. The molecule has 0 bridgehead atoms. The third kappa shape index (κ3) is 1.57. The van der Waals surface area contributed by atoms with E-state index in [4.69, 9.17) is 0 Å². The molecule has 0 N–H and O–H groups in total. The van der Waals surface area contributed by atoms with Gasteiger partial charge in [0.1, 0.15) is 0 Å². The van der Waals surface area contributed by atoms with Gasteiger partial charge in [-0.3, -0.25) is 0 Å². The van der Waals surface area contributed by atoms with Crippen molar-refractivity contribution in [3.8, 4) is 0 Å². The third-order valence-corrected chi connectivity index (χ3v) is 4.06. The van der Waals surface area contributed by atoms with Crippen molar-refractivity contribution in [1.82, 2.24) is 0 Å². The van der Waals surface area contributed by atoms with Crippen LogP contribution in [0.1, 0.15) is 11.1 Å². The summed E-state index contributed by atoms with van der Waals surface area (Å²) >= 11 is 1.85. The molecule has 0 radical (unpaired) electrons. The molecule has 78 valence electrons. The lowest BCUT2D eigenvalue weighted by molar-refractivity contribution is 1.20. The minimum absolute atomic E-state index is 0.959. The van der Waals surface area contributed by atoms with Gasteiger partial charge in [0.05, 0.1) is 0 Å². The number of allylic oxidation sites excluding steroid dienone is 1. The van der Waals surface area contributed by atoms with E-state index in [0.29, 0.717) is 0 Å². The number of rotatable bonds is 0. The predicted molar refractivity (Wildman–Crippen MR) is 69.7 cm³/mol. The summed E-state index contributed by atoms with van der Waals surface area (Å²) in [6, 6.07) is 17.1. The highest BCUT2D eigenvalue weighted by Crippen LogP contribution is 2.40. The van der Waals surface area contributed by atoms with Gasteiger partial charge in [0, 0.05) is 9.79 Å². The van der Waals surface area contributed by atoms with Crippen LogP contribution in [0.3, 0.4) is 0 Å². The molecule has 0 saturated carbocycles. The van der Waals surface area contributed by atoms with Crippen LogP contribution in [0.15, 0.2) is 64.9 Å². The lowest BCUT2D eigenvalue weighted by Gasteiger charge is -2.05. The van der Waals surface area contributed by atoms with Crippen molar-refractivity contribution in [2.75, 3.05) is 0 Å². The quantitative estimate of drug-likeness (QED) is 0.639. The van der Waals surface area contributed by atoms with Crippen LogP contribution in [0.4, 0.5) is 0 Å². The van der Waals surface area contributed by atoms with E-state index in [1.807, 2.05) is 11.8 Å².